The second-order valence-corrected chi connectivity index (χ2v) is 5.91. The number of ether oxygens (including phenoxy) is 1. The molecule has 2 rings (SSSR count). The number of hydrogen-bond acceptors (Lipinski definition) is 3. The summed E-state index contributed by atoms with van der Waals surface area (Å²) in [4.78, 5) is 6.67. The summed E-state index contributed by atoms with van der Waals surface area (Å²) < 4.78 is 5.50. The van der Waals surface area contributed by atoms with Gasteiger partial charge in [0.15, 0.2) is 5.96 Å². The molecule has 110 valence electrons. The molecule has 5 heteroatoms. The summed E-state index contributed by atoms with van der Waals surface area (Å²) in [5.41, 5.74) is 6.07. The zero-order chi connectivity index (χ0) is 13.7. The Bertz CT molecular complexity index is 309. The van der Waals surface area contributed by atoms with Gasteiger partial charge < -0.3 is 20.5 Å². The van der Waals surface area contributed by atoms with Crippen LogP contribution in [-0.2, 0) is 4.74 Å². The molecule has 1 saturated heterocycles. The fourth-order valence-electron chi connectivity index (χ4n) is 3.08. The highest BCUT2D eigenvalue weighted by Gasteiger charge is 2.22. The van der Waals surface area contributed by atoms with Crippen LogP contribution in [-0.4, -0.2) is 54.9 Å². The van der Waals surface area contributed by atoms with Crippen molar-refractivity contribution in [3.05, 3.63) is 0 Å². The van der Waals surface area contributed by atoms with Gasteiger partial charge in [-0.2, -0.15) is 0 Å². The minimum atomic E-state index is 0.232. The van der Waals surface area contributed by atoms with Gasteiger partial charge in [-0.1, -0.05) is 6.42 Å². The monoisotopic (exact) mass is 269 g/mol. The molecule has 1 heterocycles. The van der Waals surface area contributed by atoms with Gasteiger partial charge in [0.25, 0.3) is 0 Å². The van der Waals surface area contributed by atoms with Gasteiger partial charge >= 0.3 is 0 Å². The first-order chi connectivity index (χ1) is 9.19. The minimum Gasteiger partial charge on any atom is -0.396 e. The summed E-state index contributed by atoms with van der Waals surface area (Å²) in [5.74, 6) is 1.71. The Kier molecular flexibility index (Phi) is 5.45. The summed E-state index contributed by atoms with van der Waals surface area (Å²) in [6.45, 7) is 5.58. The number of hydrogen-bond donors (Lipinski definition) is 2. The van der Waals surface area contributed by atoms with E-state index < -0.39 is 0 Å². The molecule has 5 nitrogen and oxygen atoms in total. The number of rotatable bonds is 3. The van der Waals surface area contributed by atoms with E-state index in [-0.39, 0.29) is 6.10 Å². The van der Waals surface area contributed by atoms with Crippen molar-refractivity contribution in [3.63, 3.8) is 0 Å². The lowest BCUT2D eigenvalue weighted by Crippen LogP contribution is -2.48. The highest BCUT2D eigenvalue weighted by atomic mass is 16.5. The molecule has 3 N–H and O–H groups in total. The summed E-state index contributed by atoms with van der Waals surface area (Å²) >= 11 is 0. The van der Waals surface area contributed by atoms with Crippen LogP contribution >= 0.6 is 0 Å². The third kappa shape index (κ3) is 4.35. The first kappa shape index (κ1) is 14.6. The van der Waals surface area contributed by atoms with Crippen LogP contribution in [0.4, 0.5) is 0 Å². The molecule has 0 bridgehead atoms. The van der Waals surface area contributed by atoms with E-state index in [2.05, 4.69) is 16.8 Å². The van der Waals surface area contributed by atoms with E-state index in [9.17, 15) is 5.11 Å². The van der Waals surface area contributed by atoms with Crippen molar-refractivity contribution in [2.45, 2.75) is 38.7 Å². The van der Waals surface area contributed by atoms with Gasteiger partial charge in [-0.15, -0.1) is 0 Å². The van der Waals surface area contributed by atoms with Crippen molar-refractivity contribution >= 4 is 5.96 Å². The van der Waals surface area contributed by atoms with Crippen LogP contribution in [0.3, 0.4) is 0 Å². The lowest BCUT2D eigenvalue weighted by Gasteiger charge is -2.32. The molecule has 2 fully saturated rings. The molecule has 1 aliphatic carbocycles. The van der Waals surface area contributed by atoms with Gasteiger partial charge in [0.05, 0.1) is 12.7 Å². The lowest BCUT2D eigenvalue weighted by atomic mass is 9.82. The molecule has 1 aliphatic heterocycles. The zero-order valence-electron chi connectivity index (χ0n) is 11.9. The van der Waals surface area contributed by atoms with Crippen LogP contribution in [0.25, 0.3) is 0 Å². The molecule has 3 atom stereocenters. The molecule has 1 unspecified atom stereocenters. The third-order valence-corrected chi connectivity index (χ3v) is 4.23. The van der Waals surface area contributed by atoms with Gasteiger partial charge in [0.2, 0.25) is 0 Å². The first-order valence-corrected chi connectivity index (χ1v) is 7.46. The highest BCUT2D eigenvalue weighted by molar-refractivity contribution is 5.78. The molecule has 1 saturated carbocycles. The van der Waals surface area contributed by atoms with Crippen LogP contribution in [0.1, 0.15) is 32.6 Å². The van der Waals surface area contributed by atoms with Crippen molar-refractivity contribution in [2.75, 3.05) is 32.8 Å². The van der Waals surface area contributed by atoms with Gasteiger partial charge in [0.1, 0.15) is 0 Å². The fraction of sp³-hybridized carbons (Fsp3) is 0.929. The number of aliphatic hydroxyl groups excluding tert-OH is 1. The normalized spacial score (nSPS) is 33.5. The molecule has 0 aromatic rings. The van der Waals surface area contributed by atoms with Gasteiger partial charge in [-0.25, -0.2) is 0 Å². The van der Waals surface area contributed by atoms with E-state index >= 15 is 0 Å². The van der Waals surface area contributed by atoms with Gasteiger partial charge in [0, 0.05) is 26.2 Å². The van der Waals surface area contributed by atoms with E-state index in [1.807, 2.05) is 0 Å². The lowest BCUT2D eigenvalue weighted by molar-refractivity contribution is 0.00525. The standard InChI is InChI=1S/C14H27N3O2/c1-11-9-17(5-6-19-11)14(15)16-8-12-3-2-4-13(7-12)10-18/h11-13,18H,2-10H2,1H3,(H2,15,16)/t11?,12-,13+/m0/s1. The average molecular weight is 269 g/mol. The predicted octanol–water partition coefficient (Wildman–Crippen LogP) is 0.821. The van der Waals surface area contributed by atoms with E-state index in [1.165, 1.54) is 12.8 Å². The molecule has 0 radical (unpaired) electrons. The second kappa shape index (κ2) is 7.10. The van der Waals surface area contributed by atoms with Gasteiger partial charge in [-0.3, -0.25) is 4.99 Å². The van der Waals surface area contributed by atoms with E-state index in [4.69, 9.17) is 10.5 Å². The molecule has 0 spiro atoms. The van der Waals surface area contributed by atoms with E-state index in [1.54, 1.807) is 0 Å². The maximum Gasteiger partial charge on any atom is 0.191 e. The van der Waals surface area contributed by atoms with Crippen LogP contribution in [0.5, 0.6) is 0 Å². The molecular weight excluding hydrogens is 242 g/mol. The van der Waals surface area contributed by atoms with Crippen LogP contribution < -0.4 is 5.73 Å². The number of morpholine rings is 1. The Labute approximate surface area is 115 Å². The number of nitrogens with two attached hydrogens (primary N) is 1. The quantitative estimate of drug-likeness (QED) is 0.588. The maximum absolute atomic E-state index is 9.24. The molecular formula is C14H27N3O2. The maximum atomic E-state index is 9.24. The highest BCUT2D eigenvalue weighted by Crippen LogP contribution is 2.28. The number of aliphatic hydroxyl groups is 1. The Morgan fingerprint density at radius 2 is 2.21 bits per heavy atom. The molecule has 0 aromatic carbocycles. The van der Waals surface area contributed by atoms with E-state index in [0.29, 0.717) is 24.4 Å². The second-order valence-electron chi connectivity index (χ2n) is 5.91. The molecule has 19 heavy (non-hydrogen) atoms. The average Bonchev–Trinajstić information content (AvgIpc) is 2.45. The largest absolute Gasteiger partial charge is 0.396 e. The number of guanidine groups is 1. The van der Waals surface area contributed by atoms with Gasteiger partial charge in [-0.05, 0) is 38.0 Å². The smallest absolute Gasteiger partial charge is 0.191 e. The molecule has 0 aromatic heterocycles. The Balaban J connectivity index is 1.80. The van der Waals surface area contributed by atoms with Crippen molar-refractivity contribution in [3.8, 4) is 0 Å². The zero-order valence-corrected chi connectivity index (χ0v) is 11.9. The SMILES string of the molecule is CC1CN(C(N)=NC[C@H]2CCC[C@@H](CO)C2)CCO1. The summed E-state index contributed by atoms with van der Waals surface area (Å²) in [6.07, 6.45) is 4.91. The summed E-state index contributed by atoms with van der Waals surface area (Å²) in [7, 11) is 0. The topological polar surface area (TPSA) is 71.1 Å². The van der Waals surface area contributed by atoms with Crippen molar-refractivity contribution in [2.24, 2.45) is 22.6 Å². The van der Waals surface area contributed by atoms with Crippen molar-refractivity contribution < 1.29 is 9.84 Å². The summed E-state index contributed by atoms with van der Waals surface area (Å²) in [5, 5.41) is 9.24. The minimum absolute atomic E-state index is 0.232. The summed E-state index contributed by atoms with van der Waals surface area (Å²) in [6, 6.07) is 0. The third-order valence-electron chi connectivity index (χ3n) is 4.23. The van der Waals surface area contributed by atoms with Crippen LogP contribution in [0, 0.1) is 11.8 Å². The number of aliphatic imine (C=N–C) groups is 1. The van der Waals surface area contributed by atoms with Crippen LogP contribution in [0.15, 0.2) is 4.99 Å². The van der Waals surface area contributed by atoms with Crippen molar-refractivity contribution in [1.29, 1.82) is 0 Å². The van der Waals surface area contributed by atoms with E-state index in [0.717, 1.165) is 39.1 Å². The number of nitrogens with zero attached hydrogens (tertiary/aromatic N) is 2. The predicted molar refractivity (Wildman–Crippen MR) is 76.0 cm³/mol. The molecule has 0 amide bonds. The Hall–Kier alpha value is -0.810. The Morgan fingerprint density at radius 3 is 2.95 bits per heavy atom. The Morgan fingerprint density at radius 1 is 1.42 bits per heavy atom. The fourth-order valence-corrected chi connectivity index (χ4v) is 3.08. The van der Waals surface area contributed by atoms with Crippen molar-refractivity contribution in [1.82, 2.24) is 4.90 Å². The molecule has 2 aliphatic rings. The van der Waals surface area contributed by atoms with Crippen LogP contribution in [0.2, 0.25) is 0 Å². The first-order valence-electron chi connectivity index (χ1n) is 7.46.